The molecule has 3 N–H and O–H groups in total. The van der Waals surface area contributed by atoms with E-state index in [1.807, 2.05) is 0 Å². The lowest BCUT2D eigenvalue weighted by Crippen LogP contribution is -2.41. The molecule has 1 fully saturated rings. The molecule has 0 aliphatic carbocycles. The van der Waals surface area contributed by atoms with Crippen molar-refractivity contribution in [2.24, 2.45) is 5.73 Å². The van der Waals surface area contributed by atoms with Gasteiger partial charge in [0.1, 0.15) is 17.5 Å². The molecule has 1 aliphatic rings. The summed E-state index contributed by atoms with van der Waals surface area (Å²) in [5, 5.41) is 6.06. The molecule has 1 aliphatic heterocycles. The molecule has 9 nitrogen and oxygen atoms in total. The van der Waals surface area contributed by atoms with E-state index in [1.165, 1.54) is 30.5 Å². The number of carbonyl (C=O) groups excluding carboxylic acids is 2. The van der Waals surface area contributed by atoms with Gasteiger partial charge in [-0.3, -0.25) is 9.78 Å². The third-order valence-corrected chi connectivity index (χ3v) is 8.10. The van der Waals surface area contributed by atoms with Gasteiger partial charge in [-0.1, -0.05) is 12.1 Å². The van der Waals surface area contributed by atoms with E-state index in [9.17, 15) is 35.9 Å². The van der Waals surface area contributed by atoms with Crippen molar-refractivity contribution >= 4 is 24.5 Å². The second-order valence-electron chi connectivity index (χ2n) is 11.9. The first kappa shape index (κ1) is 33.7. The van der Waals surface area contributed by atoms with Gasteiger partial charge in [0.25, 0.3) is 5.91 Å². The van der Waals surface area contributed by atoms with Crippen LogP contribution in [0, 0.1) is 17.5 Å². The summed E-state index contributed by atoms with van der Waals surface area (Å²) in [4.78, 5) is 29.8. The Morgan fingerprint density at radius 1 is 1.00 bits per heavy atom. The molecule has 0 radical (unpaired) electrons. The number of hydrogen-bond acceptors (Lipinski definition) is 6. The fourth-order valence-electron chi connectivity index (χ4n) is 5.07. The van der Waals surface area contributed by atoms with Crippen molar-refractivity contribution in [3.63, 3.8) is 0 Å². The number of amides is 2. The fourth-order valence-corrected chi connectivity index (χ4v) is 5.07. The van der Waals surface area contributed by atoms with Gasteiger partial charge in [0.05, 0.1) is 28.5 Å². The highest BCUT2D eigenvalue weighted by molar-refractivity contribution is 6.62. The minimum atomic E-state index is -5.00. The zero-order chi connectivity index (χ0) is 34.5. The van der Waals surface area contributed by atoms with Crippen LogP contribution in [0.3, 0.4) is 0 Å². The van der Waals surface area contributed by atoms with Gasteiger partial charge in [0.2, 0.25) is 0 Å². The van der Waals surface area contributed by atoms with Crippen LogP contribution in [0.15, 0.2) is 60.9 Å². The van der Waals surface area contributed by atoms with Gasteiger partial charge < -0.3 is 20.4 Å². The van der Waals surface area contributed by atoms with E-state index in [4.69, 9.17) is 15.0 Å². The number of rotatable bonds is 7. The second kappa shape index (κ2) is 12.2. The minimum absolute atomic E-state index is 0.0655. The molecule has 0 spiro atoms. The summed E-state index contributed by atoms with van der Waals surface area (Å²) in [6.45, 7) is 6.59. The number of hydrogen-bond donors (Lipinski definition) is 2. The Kier molecular flexibility index (Phi) is 8.70. The third kappa shape index (κ3) is 6.88. The first-order valence-corrected chi connectivity index (χ1v) is 14.2. The Morgan fingerprint density at radius 3 is 2.23 bits per heavy atom. The molecule has 0 unspecified atom stereocenters. The molecule has 3 heterocycles. The first-order valence-electron chi connectivity index (χ1n) is 14.2. The van der Waals surface area contributed by atoms with Crippen LogP contribution >= 0.6 is 0 Å². The van der Waals surface area contributed by atoms with Gasteiger partial charge in [-0.25, -0.2) is 18.0 Å². The number of primary amides is 1. The maximum absolute atomic E-state index is 14.3. The molecule has 2 aromatic heterocycles. The monoisotopic (exact) mass is 659 g/mol. The van der Waals surface area contributed by atoms with E-state index >= 15 is 0 Å². The highest BCUT2D eigenvalue weighted by atomic mass is 19.4. The van der Waals surface area contributed by atoms with Crippen molar-refractivity contribution in [1.29, 1.82) is 0 Å². The van der Waals surface area contributed by atoms with Crippen molar-refractivity contribution in [2.45, 2.75) is 57.5 Å². The van der Waals surface area contributed by atoms with E-state index in [1.54, 1.807) is 27.7 Å². The molecule has 47 heavy (non-hydrogen) atoms. The Bertz CT molecular complexity index is 1830. The van der Waals surface area contributed by atoms with Crippen molar-refractivity contribution < 1.29 is 45.2 Å². The Labute approximate surface area is 265 Å². The zero-order valence-electron chi connectivity index (χ0n) is 25.5. The predicted molar refractivity (Wildman–Crippen MR) is 158 cm³/mol. The van der Waals surface area contributed by atoms with Crippen molar-refractivity contribution in [3.05, 3.63) is 101 Å². The maximum atomic E-state index is 14.3. The SMILES string of the molecule is CC1(C)OB(c2cn(C(=O)N[C@@H](Cc3cc(F)cc(F)c3)c3ncccc3-c3ccc(F)c(C(N)=O)c3)nc2C(F)(F)F)OC1(C)C. The zero-order valence-corrected chi connectivity index (χ0v) is 25.5. The standard InChI is InChI=1S/C31H28BF6N5O4/c1-29(2)30(3,4)47-32(46-29)22-15-43(42-26(22)31(36,37)38)28(45)41-24(12-16-10-18(33)14-19(34)11-16)25-20(6-5-9-40-25)17-7-8-23(35)21(13-17)27(39)44/h5-11,13-15,24H,12H2,1-4H3,(H2,39,44)(H,41,45)/t24-/m0/s1. The topological polar surface area (TPSA) is 121 Å². The van der Waals surface area contributed by atoms with E-state index in [2.05, 4.69) is 15.4 Å². The summed E-state index contributed by atoms with van der Waals surface area (Å²) >= 11 is 0. The second-order valence-corrected chi connectivity index (χ2v) is 11.9. The van der Waals surface area contributed by atoms with Crippen LogP contribution in [0.4, 0.5) is 31.1 Å². The number of benzene rings is 2. The summed E-state index contributed by atoms with van der Waals surface area (Å²) in [7, 11) is -1.51. The predicted octanol–water partition coefficient (Wildman–Crippen LogP) is 5.32. The number of carbonyl (C=O) groups is 2. The molecular formula is C31H28BF6N5O4. The average molecular weight is 659 g/mol. The molecule has 5 rings (SSSR count). The van der Waals surface area contributed by atoms with Crippen LogP contribution < -0.4 is 16.5 Å². The molecule has 4 aromatic rings. The van der Waals surface area contributed by atoms with Crippen molar-refractivity contribution in [3.8, 4) is 11.1 Å². The molecule has 1 atom stereocenters. The van der Waals surface area contributed by atoms with Gasteiger partial charge in [-0.2, -0.15) is 23.0 Å². The molecule has 0 saturated carbocycles. The lowest BCUT2D eigenvalue weighted by atomic mass is 9.79. The van der Waals surface area contributed by atoms with Crippen molar-refractivity contribution in [1.82, 2.24) is 20.1 Å². The maximum Gasteiger partial charge on any atom is 0.498 e. The Balaban J connectivity index is 1.57. The fraction of sp³-hybridized carbons (Fsp3) is 0.290. The van der Waals surface area contributed by atoms with Crippen molar-refractivity contribution in [2.75, 3.05) is 0 Å². The summed E-state index contributed by atoms with van der Waals surface area (Å²) in [5.74, 6) is -3.76. The smallest absolute Gasteiger partial charge is 0.399 e. The van der Waals surface area contributed by atoms with Gasteiger partial charge in [-0.05, 0) is 75.6 Å². The van der Waals surface area contributed by atoms with Crippen LogP contribution in [0.25, 0.3) is 11.1 Å². The number of halogens is 6. The normalized spacial score (nSPS) is 16.3. The van der Waals surface area contributed by atoms with Gasteiger partial charge in [-0.15, -0.1) is 0 Å². The summed E-state index contributed by atoms with van der Waals surface area (Å²) in [6, 6.07) is 6.79. The molecule has 2 amide bonds. The first-order chi connectivity index (χ1) is 21.9. The molecule has 0 bridgehead atoms. The Morgan fingerprint density at radius 2 is 1.64 bits per heavy atom. The molecule has 246 valence electrons. The summed E-state index contributed by atoms with van der Waals surface area (Å²) in [5.41, 5.74) is 1.55. The molecule has 1 saturated heterocycles. The van der Waals surface area contributed by atoms with Crippen LogP contribution in [0.5, 0.6) is 0 Å². The molecule has 2 aromatic carbocycles. The number of aromatic nitrogens is 3. The van der Waals surface area contributed by atoms with Crippen LogP contribution in [-0.2, 0) is 21.9 Å². The lowest BCUT2D eigenvalue weighted by Gasteiger charge is -2.32. The highest BCUT2D eigenvalue weighted by Gasteiger charge is 2.55. The third-order valence-electron chi connectivity index (χ3n) is 8.10. The average Bonchev–Trinajstić information content (AvgIpc) is 3.51. The van der Waals surface area contributed by atoms with Gasteiger partial charge >= 0.3 is 19.3 Å². The van der Waals surface area contributed by atoms with Crippen LogP contribution in [-0.4, -0.2) is 45.0 Å². The largest absolute Gasteiger partial charge is 0.498 e. The molecular weight excluding hydrogens is 631 g/mol. The van der Waals surface area contributed by atoms with E-state index in [-0.39, 0.29) is 28.8 Å². The number of pyridine rings is 1. The number of nitrogens with two attached hydrogens (primary N) is 1. The van der Waals surface area contributed by atoms with Gasteiger partial charge in [0.15, 0.2) is 5.69 Å². The minimum Gasteiger partial charge on any atom is -0.399 e. The van der Waals surface area contributed by atoms with Crippen LogP contribution in [0.1, 0.15) is 61.0 Å². The lowest BCUT2D eigenvalue weighted by molar-refractivity contribution is -0.140. The van der Waals surface area contributed by atoms with E-state index in [0.29, 0.717) is 10.7 Å². The Hall–Kier alpha value is -4.70. The van der Waals surface area contributed by atoms with E-state index < -0.39 is 76.6 Å². The number of nitrogens with zero attached hydrogens (tertiary/aromatic N) is 3. The molecule has 16 heteroatoms. The summed E-state index contributed by atoms with van der Waals surface area (Å²) < 4.78 is 97.1. The highest BCUT2D eigenvalue weighted by Crippen LogP contribution is 2.38. The van der Waals surface area contributed by atoms with Gasteiger partial charge in [0, 0.05) is 29.5 Å². The number of nitrogens with one attached hydrogen (secondary N) is 1. The quantitative estimate of drug-likeness (QED) is 0.205. The van der Waals surface area contributed by atoms with E-state index in [0.717, 1.165) is 24.4 Å². The van der Waals surface area contributed by atoms with Crippen LogP contribution in [0.2, 0.25) is 0 Å². The summed E-state index contributed by atoms with van der Waals surface area (Å²) in [6.07, 6.45) is -3.13. The number of alkyl halides is 3.